The molecule has 2 rings (SSSR count). The zero-order chi connectivity index (χ0) is 11.2. The lowest BCUT2D eigenvalue weighted by Gasteiger charge is -2.16. The quantitative estimate of drug-likeness (QED) is 0.453. The van der Waals surface area contributed by atoms with E-state index in [9.17, 15) is 10.1 Å². The first-order valence-corrected chi connectivity index (χ1v) is 5.33. The maximum atomic E-state index is 10.7. The average Bonchev–Trinajstić information content (AvgIpc) is 2.36. The topological polar surface area (TPSA) is 61.6 Å². The Morgan fingerprint density at radius 2 is 1.87 bits per heavy atom. The Balaban J connectivity index is 2.50. The Kier molecular flexibility index (Phi) is 2.25. The summed E-state index contributed by atoms with van der Waals surface area (Å²) in [6.07, 6.45) is 0. The maximum Gasteiger partial charge on any atom is 0.286 e. The zero-order valence-electron chi connectivity index (χ0n) is 8.11. The Morgan fingerprint density at radius 3 is 2.40 bits per heavy atom. The average molecular weight is 321 g/mol. The molecule has 0 saturated carbocycles. The Labute approximate surface area is 99.7 Å². The number of benzene rings is 1. The van der Waals surface area contributed by atoms with E-state index in [0.717, 1.165) is 0 Å². The van der Waals surface area contributed by atoms with Crippen molar-refractivity contribution in [2.75, 3.05) is 0 Å². The van der Waals surface area contributed by atoms with Crippen molar-refractivity contribution < 1.29 is 14.4 Å². The van der Waals surface area contributed by atoms with Crippen LogP contribution < -0.4 is 9.47 Å². The smallest absolute Gasteiger partial charge is 0.286 e. The largest absolute Gasteiger partial charge is 0.449 e. The number of hydrogen-bond acceptors (Lipinski definition) is 4. The summed E-state index contributed by atoms with van der Waals surface area (Å²) in [7, 11) is 0. The van der Waals surface area contributed by atoms with E-state index < -0.39 is 10.7 Å². The highest BCUT2D eigenvalue weighted by Gasteiger charge is 2.34. The number of nitro benzene ring substituents is 1. The molecule has 80 valence electrons. The molecule has 0 amide bonds. The Hall–Kier alpha value is -1.05. The van der Waals surface area contributed by atoms with Crippen molar-refractivity contribution in [3.8, 4) is 11.5 Å². The predicted molar refractivity (Wildman–Crippen MR) is 61.1 cm³/mol. The molecule has 0 aromatic heterocycles. The fourth-order valence-corrected chi connectivity index (χ4v) is 2.01. The molecular weight excluding hydrogens is 313 g/mol. The third-order valence-corrected chi connectivity index (χ3v) is 2.79. The highest BCUT2D eigenvalue weighted by Crippen LogP contribution is 2.43. The summed E-state index contributed by atoms with van der Waals surface area (Å²) in [4.78, 5) is 10.3. The molecule has 15 heavy (non-hydrogen) atoms. The van der Waals surface area contributed by atoms with Crippen molar-refractivity contribution in [2.45, 2.75) is 19.6 Å². The maximum absolute atomic E-state index is 10.7. The molecule has 0 spiro atoms. The monoisotopic (exact) mass is 321 g/mol. The van der Waals surface area contributed by atoms with Gasteiger partial charge in [0.25, 0.3) is 5.69 Å². The highest BCUT2D eigenvalue weighted by atomic mass is 127. The summed E-state index contributed by atoms with van der Waals surface area (Å²) < 4.78 is 11.4. The lowest BCUT2D eigenvalue weighted by atomic mass is 10.3. The number of nitro groups is 1. The molecule has 6 heteroatoms. The van der Waals surface area contributed by atoms with Crippen molar-refractivity contribution in [1.29, 1.82) is 0 Å². The van der Waals surface area contributed by atoms with Gasteiger partial charge in [0.05, 0.1) is 14.6 Å². The molecule has 0 fully saturated rings. The SMILES string of the molecule is CC1(C)Oc2cc(I)c([N+](=O)[O-])cc2O1. The number of nitrogens with zero attached hydrogens (tertiary/aromatic N) is 1. The van der Waals surface area contributed by atoms with Gasteiger partial charge in [-0.15, -0.1) is 0 Å². The van der Waals surface area contributed by atoms with Gasteiger partial charge in [-0.1, -0.05) is 0 Å². The van der Waals surface area contributed by atoms with E-state index in [1.165, 1.54) is 6.07 Å². The lowest BCUT2D eigenvalue weighted by molar-refractivity contribution is -0.385. The minimum Gasteiger partial charge on any atom is -0.449 e. The van der Waals surface area contributed by atoms with E-state index in [1.807, 2.05) is 22.6 Å². The number of rotatable bonds is 1. The second-order valence-corrected chi connectivity index (χ2v) is 4.77. The van der Waals surface area contributed by atoms with Crippen LogP contribution in [0.3, 0.4) is 0 Å². The first kappa shape index (κ1) is 10.5. The van der Waals surface area contributed by atoms with Crippen LogP contribution in [0.2, 0.25) is 0 Å². The van der Waals surface area contributed by atoms with E-state index in [0.29, 0.717) is 15.1 Å². The summed E-state index contributed by atoms with van der Waals surface area (Å²) in [6.45, 7) is 3.51. The van der Waals surface area contributed by atoms with Crippen molar-refractivity contribution in [1.82, 2.24) is 0 Å². The molecule has 1 aromatic rings. The highest BCUT2D eigenvalue weighted by molar-refractivity contribution is 14.1. The van der Waals surface area contributed by atoms with E-state index in [4.69, 9.17) is 9.47 Å². The van der Waals surface area contributed by atoms with E-state index in [-0.39, 0.29) is 5.69 Å². The summed E-state index contributed by atoms with van der Waals surface area (Å²) in [5.41, 5.74) is 0.0376. The lowest BCUT2D eigenvalue weighted by Crippen LogP contribution is -2.29. The van der Waals surface area contributed by atoms with Gasteiger partial charge in [-0.25, -0.2) is 0 Å². The van der Waals surface area contributed by atoms with Gasteiger partial charge in [0.1, 0.15) is 0 Å². The molecule has 1 aliphatic heterocycles. The van der Waals surface area contributed by atoms with Crippen LogP contribution in [0.4, 0.5) is 5.69 Å². The zero-order valence-corrected chi connectivity index (χ0v) is 10.3. The van der Waals surface area contributed by atoms with Crippen molar-refractivity contribution in [3.05, 3.63) is 25.8 Å². The fourth-order valence-electron chi connectivity index (χ4n) is 1.37. The van der Waals surface area contributed by atoms with Gasteiger partial charge in [-0.2, -0.15) is 0 Å². The van der Waals surface area contributed by atoms with Gasteiger partial charge in [0.15, 0.2) is 11.5 Å². The number of hydrogen-bond donors (Lipinski definition) is 0. The molecule has 5 nitrogen and oxygen atoms in total. The molecule has 0 N–H and O–H groups in total. The van der Waals surface area contributed by atoms with Gasteiger partial charge >= 0.3 is 0 Å². The minimum absolute atomic E-state index is 0.0376. The number of ether oxygens (including phenoxy) is 2. The molecule has 1 aromatic carbocycles. The Morgan fingerprint density at radius 1 is 1.33 bits per heavy atom. The van der Waals surface area contributed by atoms with Crippen LogP contribution in [0.15, 0.2) is 12.1 Å². The molecule has 0 radical (unpaired) electrons. The Bertz CT molecular complexity index is 444. The predicted octanol–water partition coefficient (Wildman–Crippen LogP) is 2.71. The van der Waals surface area contributed by atoms with E-state index >= 15 is 0 Å². The number of halogens is 1. The molecule has 0 saturated heterocycles. The van der Waals surface area contributed by atoms with Gasteiger partial charge in [0.2, 0.25) is 5.79 Å². The van der Waals surface area contributed by atoms with Crippen LogP contribution in [0.5, 0.6) is 11.5 Å². The normalized spacial score (nSPS) is 16.5. The molecule has 0 bridgehead atoms. The van der Waals surface area contributed by atoms with Crippen LogP contribution in [0, 0.1) is 13.7 Å². The van der Waals surface area contributed by atoms with E-state index in [1.54, 1.807) is 19.9 Å². The first-order valence-electron chi connectivity index (χ1n) is 4.25. The summed E-state index contributed by atoms with van der Waals surface area (Å²) >= 11 is 1.90. The minimum atomic E-state index is -0.749. The third kappa shape index (κ3) is 1.85. The second kappa shape index (κ2) is 3.22. The molecule has 0 aliphatic carbocycles. The van der Waals surface area contributed by atoms with Gasteiger partial charge in [-0.3, -0.25) is 10.1 Å². The summed E-state index contributed by atoms with van der Waals surface area (Å²) in [6, 6.07) is 3.01. The molecule has 0 unspecified atom stereocenters. The van der Waals surface area contributed by atoms with Crippen molar-refractivity contribution >= 4 is 28.3 Å². The third-order valence-electron chi connectivity index (χ3n) is 1.92. The fraction of sp³-hybridized carbons (Fsp3) is 0.333. The molecule has 1 aliphatic rings. The molecule has 1 heterocycles. The first-order chi connectivity index (χ1) is 6.89. The van der Waals surface area contributed by atoms with Crippen molar-refractivity contribution in [2.24, 2.45) is 0 Å². The standard InChI is InChI=1S/C9H8INO4/c1-9(2)14-7-3-5(10)6(11(12)13)4-8(7)15-9/h3-4H,1-2H3. The van der Waals surface area contributed by atoms with Crippen LogP contribution in [-0.4, -0.2) is 10.7 Å². The second-order valence-electron chi connectivity index (χ2n) is 3.61. The number of fused-ring (bicyclic) bond motifs is 1. The molecule has 0 atom stereocenters. The summed E-state index contributed by atoms with van der Waals surface area (Å²) in [5.74, 6) is 0.225. The van der Waals surface area contributed by atoms with Gasteiger partial charge < -0.3 is 9.47 Å². The summed E-state index contributed by atoms with van der Waals surface area (Å²) in [5, 5.41) is 10.7. The van der Waals surface area contributed by atoms with Crippen LogP contribution in [-0.2, 0) is 0 Å². The van der Waals surface area contributed by atoms with E-state index in [2.05, 4.69) is 0 Å². The van der Waals surface area contributed by atoms with Gasteiger partial charge in [-0.05, 0) is 22.6 Å². The van der Waals surface area contributed by atoms with Crippen LogP contribution >= 0.6 is 22.6 Å². The van der Waals surface area contributed by atoms with Crippen LogP contribution in [0.1, 0.15) is 13.8 Å². The van der Waals surface area contributed by atoms with Gasteiger partial charge in [0, 0.05) is 19.9 Å². The molecular formula is C9H8INO4. The van der Waals surface area contributed by atoms with Crippen LogP contribution in [0.25, 0.3) is 0 Å². The van der Waals surface area contributed by atoms with Crippen molar-refractivity contribution in [3.63, 3.8) is 0 Å².